The number of halogens is 4. The Bertz CT molecular complexity index is 1660. The quantitative estimate of drug-likeness (QED) is 0.300. The Balaban J connectivity index is 1.76. The number of alkyl halides is 3. The Labute approximate surface area is 240 Å². The second-order valence-corrected chi connectivity index (χ2v) is 13.1. The van der Waals surface area contributed by atoms with Crippen LogP contribution in [0.5, 0.6) is 0 Å². The lowest BCUT2D eigenvalue weighted by molar-refractivity contribution is -0.137. The summed E-state index contributed by atoms with van der Waals surface area (Å²) in [4.78, 5) is 3.81. The lowest BCUT2D eigenvalue weighted by Crippen LogP contribution is -2.42. The van der Waals surface area contributed by atoms with Crippen molar-refractivity contribution < 1.29 is 30.0 Å². The molecule has 0 aromatic heterocycles. The van der Waals surface area contributed by atoms with Gasteiger partial charge in [-0.15, -0.1) is 0 Å². The van der Waals surface area contributed by atoms with Gasteiger partial charge in [0, 0.05) is 10.9 Å². The Morgan fingerprint density at radius 3 is 2.22 bits per heavy atom. The van der Waals surface area contributed by atoms with Crippen LogP contribution >= 0.6 is 11.6 Å². The van der Waals surface area contributed by atoms with E-state index in [9.17, 15) is 30.0 Å². The van der Waals surface area contributed by atoms with Gasteiger partial charge in [-0.3, -0.25) is 0 Å². The summed E-state index contributed by atoms with van der Waals surface area (Å²) in [5.74, 6) is -1.28. The smallest absolute Gasteiger partial charge is 0.248 e. The average Bonchev–Trinajstić information content (AvgIpc) is 3.33. The molecule has 0 bridgehead atoms. The minimum absolute atomic E-state index is 0.110. The van der Waals surface area contributed by atoms with Gasteiger partial charge in [-0.2, -0.15) is 18.3 Å². The molecule has 1 aliphatic heterocycles. The lowest BCUT2D eigenvalue weighted by Gasteiger charge is -2.21. The largest absolute Gasteiger partial charge is 0.416 e. The number of rotatable bonds is 7. The van der Waals surface area contributed by atoms with E-state index in [1.54, 1.807) is 24.3 Å². The molecule has 0 saturated heterocycles. The topological polar surface area (TPSA) is 134 Å². The maximum absolute atomic E-state index is 13.3. The first kappa shape index (κ1) is 30.5. The van der Waals surface area contributed by atoms with Gasteiger partial charge in [-0.05, 0) is 54.4 Å². The molecular formula is C26H25ClF3N5O4S2. The van der Waals surface area contributed by atoms with E-state index in [0.29, 0.717) is 28.4 Å². The molecule has 4 rings (SSSR count). The number of primary sulfonamides is 1. The lowest BCUT2D eigenvalue weighted by atomic mass is 9.91. The fourth-order valence-electron chi connectivity index (χ4n) is 4.19. The first-order valence-electron chi connectivity index (χ1n) is 12.1. The molecule has 0 spiro atoms. The normalized spacial score (nSPS) is 17.3. The number of sulfonamides is 2. The van der Waals surface area contributed by atoms with E-state index in [1.807, 2.05) is 30.3 Å². The second-order valence-electron chi connectivity index (χ2n) is 9.30. The van der Waals surface area contributed by atoms with Crippen molar-refractivity contribution in [3.8, 4) is 0 Å². The molecule has 0 radical (unpaired) electrons. The van der Waals surface area contributed by atoms with Crippen molar-refractivity contribution in [2.75, 3.05) is 12.3 Å². The van der Waals surface area contributed by atoms with Gasteiger partial charge in [0.2, 0.25) is 16.0 Å². The molecule has 0 aliphatic carbocycles. The summed E-state index contributed by atoms with van der Waals surface area (Å²) >= 11 is 6.06. The van der Waals surface area contributed by atoms with Crippen LogP contribution < -0.4 is 9.86 Å². The summed E-state index contributed by atoms with van der Waals surface area (Å²) in [5.41, 5.74) is 1.11. The Hall–Kier alpha value is -3.46. The molecule has 15 heteroatoms. The summed E-state index contributed by atoms with van der Waals surface area (Å²) in [7, 11) is -8.45. The minimum atomic E-state index is -4.65. The fraction of sp³-hybridized carbons (Fsp3) is 0.231. The standard InChI is InChI=1S/C26H25ClF3N5O4S2/c1-17(16-40(31,36)37)32-25(34-41(38,39)22-13-9-20(10-14-22)26(28,29)30)35-15-23(18-5-3-2-4-6-18)24(33-35)19-7-11-21(27)12-8-19/h2-14,17,23H,15-16H2,1H3,(H,32,34)(H2,31,36,37)/t17?,23-/m0/s1. The Morgan fingerprint density at radius 2 is 1.66 bits per heavy atom. The van der Waals surface area contributed by atoms with Crippen LogP contribution in [0.25, 0.3) is 0 Å². The predicted octanol–water partition coefficient (Wildman–Crippen LogP) is 4.17. The van der Waals surface area contributed by atoms with Gasteiger partial charge in [-0.25, -0.2) is 36.7 Å². The number of nitrogens with zero attached hydrogens (tertiary/aromatic N) is 3. The number of guanidine groups is 1. The molecule has 2 atom stereocenters. The molecule has 1 aliphatic rings. The SMILES string of the molecule is CC(CS(N)(=O)=O)N=C(NS(=O)(=O)c1ccc(C(F)(F)F)cc1)N1C[C@@H](c2ccccc2)C(c2ccc(Cl)cc2)=N1. The maximum Gasteiger partial charge on any atom is 0.416 e. The van der Waals surface area contributed by atoms with Crippen LogP contribution in [0, 0.1) is 0 Å². The van der Waals surface area contributed by atoms with Crippen LogP contribution in [0.3, 0.4) is 0 Å². The predicted molar refractivity (Wildman–Crippen MR) is 151 cm³/mol. The van der Waals surface area contributed by atoms with Crippen molar-refractivity contribution in [3.05, 3.63) is 101 Å². The fourth-order valence-corrected chi connectivity index (χ4v) is 6.08. The van der Waals surface area contributed by atoms with Gasteiger partial charge in [0.25, 0.3) is 10.0 Å². The van der Waals surface area contributed by atoms with E-state index >= 15 is 0 Å². The molecule has 0 fully saturated rings. The van der Waals surface area contributed by atoms with Gasteiger partial charge in [-0.1, -0.05) is 54.1 Å². The number of hydrazone groups is 1. The van der Waals surface area contributed by atoms with Crippen LogP contribution in [0.2, 0.25) is 5.02 Å². The van der Waals surface area contributed by atoms with Crippen LogP contribution in [-0.2, 0) is 26.2 Å². The monoisotopic (exact) mass is 627 g/mol. The molecular weight excluding hydrogens is 603 g/mol. The van der Waals surface area contributed by atoms with Crippen molar-refractivity contribution in [1.82, 2.24) is 9.73 Å². The number of hydrogen-bond acceptors (Lipinski definition) is 6. The van der Waals surface area contributed by atoms with Crippen LogP contribution in [-0.4, -0.2) is 51.9 Å². The highest BCUT2D eigenvalue weighted by Crippen LogP contribution is 2.31. The number of nitrogens with two attached hydrogens (primary N) is 1. The van der Waals surface area contributed by atoms with E-state index < -0.39 is 48.5 Å². The van der Waals surface area contributed by atoms with Crippen molar-refractivity contribution in [3.63, 3.8) is 0 Å². The van der Waals surface area contributed by atoms with Gasteiger partial charge < -0.3 is 0 Å². The number of nitrogens with one attached hydrogen (secondary N) is 1. The summed E-state index contributed by atoms with van der Waals surface area (Å²) in [6.07, 6.45) is -4.65. The molecule has 41 heavy (non-hydrogen) atoms. The third-order valence-corrected chi connectivity index (χ3v) is 8.58. The third kappa shape index (κ3) is 7.85. The Morgan fingerprint density at radius 1 is 1.05 bits per heavy atom. The highest BCUT2D eigenvalue weighted by Gasteiger charge is 2.34. The van der Waals surface area contributed by atoms with Crippen LogP contribution in [0.4, 0.5) is 13.2 Å². The highest BCUT2D eigenvalue weighted by atomic mass is 35.5. The molecule has 1 unspecified atom stereocenters. The van der Waals surface area contributed by atoms with E-state index in [1.165, 1.54) is 11.9 Å². The highest BCUT2D eigenvalue weighted by molar-refractivity contribution is 7.90. The van der Waals surface area contributed by atoms with Crippen molar-refractivity contribution in [2.24, 2.45) is 15.2 Å². The van der Waals surface area contributed by atoms with Crippen LogP contribution in [0.1, 0.15) is 29.5 Å². The zero-order valence-corrected chi connectivity index (χ0v) is 23.8. The van der Waals surface area contributed by atoms with E-state index in [4.69, 9.17) is 16.7 Å². The first-order valence-corrected chi connectivity index (χ1v) is 15.7. The summed E-state index contributed by atoms with van der Waals surface area (Å²) in [6.45, 7) is 1.53. The molecule has 9 nitrogen and oxygen atoms in total. The van der Waals surface area contributed by atoms with E-state index in [-0.39, 0.29) is 18.4 Å². The molecule has 0 amide bonds. The summed E-state index contributed by atoms with van der Waals surface area (Å²) in [5, 5.41) is 11.6. The van der Waals surface area contributed by atoms with Crippen LogP contribution in [0.15, 0.2) is 93.9 Å². The Kier molecular flexibility index (Phi) is 8.78. The second kappa shape index (κ2) is 11.8. The molecule has 3 N–H and O–H groups in total. The number of hydrogen-bond donors (Lipinski definition) is 2. The van der Waals surface area contributed by atoms with E-state index in [0.717, 1.165) is 17.7 Å². The average molecular weight is 628 g/mol. The molecule has 0 saturated carbocycles. The van der Waals surface area contributed by atoms with Gasteiger partial charge in [0.15, 0.2) is 0 Å². The van der Waals surface area contributed by atoms with Gasteiger partial charge >= 0.3 is 6.18 Å². The first-order chi connectivity index (χ1) is 19.1. The van der Waals surface area contributed by atoms with Crippen molar-refractivity contribution in [1.29, 1.82) is 0 Å². The van der Waals surface area contributed by atoms with Crippen molar-refractivity contribution >= 4 is 43.3 Å². The minimum Gasteiger partial charge on any atom is -0.248 e. The molecule has 3 aromatic carbocycles. The summed E-state index contributed by atoms with van der Waals surface area (Å²) in [6, 6.07) is 18.1. The molecule has 1 heterocycles. The van der Waals surface area contributed by atoms with Gasteiger partial charge in [0.05, 0.1) is 34.5 Å². The van der Waals surface area contributed by atoms with Crippen molar-refractivity contribution in [2.45, 2.75) is 30.0 Å². The van der Waals surface area contributed by atoms with E-state index in [2.05, 4.69) is 14.8 Å². The maximum atomic E-state index is 13.3. The third-order valence-electron chi connectivity index (χ3n) is 6.03. The summed E-state index contributed by atoms with van der Waals surface area (Å²) < 4.78 is 91.2. The number of aliphatic imine (C=N–C) groups is 1. The zero-order chi connectivity index (χ0) is 30.0. The van der Waals surface area contributed by atoms with Gasteiger partial charge in [0.1, 0.15) is 0 Å². The molecule has 3 aromatic rings. The number of benzene rings is 3. The molecule has 218 valence electrons. The zero-order valence-electron chi connectivity index (χ0n) is 21.5.